The van der Waals surface area contributed by atoms with Crippen molar-refractivity contribution < 1.29 is 0 Å². The van der Waals surface area contributed by atoms with Gasteiger partial charge in [0, 0.05) is 18.6 Å². The molecule has 0 saturated heterocycles. The van der Waals surface area contributed by atoms with Gasteiger partial charge in [0.15, 0.2) is 0 Å². The van der Waals surface area contributed by atoms with Crippen molar-refractivity contribution in [3.63, 3.8) is 0 Å². The molecule has 8 bridgehead atoms. The summed E-state index contributed by atoms with van der Waals surface area (Å²) < 4.78 is 0. The fourth-order valence-electron chi connectivity index (χ4n) is 9.70. The molecule has 0 amide bonds. The maximum atomic E-state index is 9.68. The van der Waals surface area contributed by atoms with E-state index in [9.17, 15) is 5.26 Å². The second kappa shape index (κ2) is 7.06. The summed E-state index contributed by atoms with van der Waals surface area (Å²) >= 11 is 0. The van der Waals surface area contributed by atoms with E-state index in [1.807, 2.05) is 0 Å². The average molecular weight is 433 g/mol. The molecule has 6 heteroatoms. The quantitative estimate of drug-likeness (QED) is 0.646. The summed E-state index contributed by atoms with van der Waals surface area (Å²) in [4.78, 5) is 9.39. The maximum Gasteiger partial charge on any atom is 0.224 e. The highest BCUT2D eigenvalue weighted by atomic mass is 15.2. The first-order chi connectivity index (χ1) is 15.6. The van der Waals surface area contributed by atoms with Crippen LogP contribution in [0.15, 0.2) is 6.20 Å². The zero-order valence-electron chi connectivity index (χ0n) is 19.0. The van der Waals surface area contributed by atoms with E-state index in [0.717, 1.165) is 36.1 Å². The Kier molecular flexibility index (Phi) is 4.32. The van der Waals surface area contributed by atoms with Crippen LogP contribution >= 0.6 is 0 Å². The van der Waals surface area contributed by atoms with Crippen LogP contribution in [0.3, 0.4) is 0 Å². The number of rotatable bonds is 5. The van der Waals surface area contributed by atoms with Crippen LogP contribution in [0.2, 0.25) is 0 Å². The average Bonchev–Trinajstić information content (AvgIpc) is 2.77. The number of anilines is 2. The molecule has 8 aliphatic rings. The van der Waals surface area contributed by atoms with E-state index in [-0.39, 0.29) is 0 Å². The first-order valence-corrected chi connectivity index (χ1v) is 13.1. The molecule has 0 aromatic carbocycles. The Labute approximate surface area is 191 Å². The monoisotopic (exact) mass is 432 g/mol. The molecule has 0 spiro atoms. The Morgan fingerprint density at radius 3 is 2.25 bits per heavy atom. The van der Waals surface area contributed by atoms with Gasteiger partial charge in [0.2, 0.25) is 5.95 Å². The first kappa shape index (κ1) is 19.6. The summed E-state index contributed by atoms with van der Waals surface area (Å²) in [6.45, 7) is 0.909. The largest absolute Gasteiger partial charge is 0.368 e. The number of hydrogen-bond acceptors (Lipinski definition) is 6. The second-order valence-corrected chi connectivity index (χ2v) is 12.6. The van der Waals surface area contributed by atoms with Crippen LogP contribution in [-0.2, 0) is 0 Å². The van der Waals surface area contributed by atoms with Gasteiger partial charge in [-0.2, -0.15) is 10.2 Å². The van der Waals surface area contributed by atoms with Gasteiger partial charge in [-0.15, -0.1) is 0 Å². The molecule has 5 atom stereocenters. The van der Waals surface area contributed by atoms with Gasteiger partial charge < -0.3 is 16.4 Å². The third-order valence-corrected chi connectivity index (χ3v) is 10.5. The molecule has 8 aliphatic carbocycles. The van der Waals surface area contributed by atoms with Gasteiger partial charge in [0.05, 0.1) is 6.20 Å². The molecular formula is C26H36N6. The fourth-order valence-corrected chi connectivity index (χ4v) is 9.70. The van der Waals surface area contributed by atoms with Crippen molar-refractivity contribution in [3.05, 3.63) is 11.8 Å². The van der Waals surface area contributed by atoms with E-state index in [1.165, 1.54) is 64.2 Å². The normalized spacial score (nSPS) is 47.4. The molecule has 8 fully saturated rings. The van der Waals surface area contributed by atoms with Crippen molar-refractivity contribution in [3.8, 4) is 6.07 Å². The lowest BCUT2D eigenvalue weighted by Gasteiger charge is -2.59. The molecule has 8 saturated carbocycles. The van der Waals surface area contributed by atoms with Crippen LogP contribution in [0.5, 0.6) is 0 Å². The predicted molar refractivity (Wildman–Crippen MR) is 124 cm³/mol. The second-order valence-electron chi connectivity index (χ2n) is 12.6. The van der Waals surface area contributed by atoms with Gasteiger partial charge in [-0.25, -0.2) is 4.98 Å². The molecule has 32 heavy (non-hydrogen) atoms. The molecular weight excluding hydrogens is 396 g/mol. The summed E-state index contributed by atoms with van der Waals surface area (Å²) in [6, 6.07) is 3.22. The number of aromatic nitrogens is 2. The van der Waals surface area contributed by atoms with Crippen LogP contribution in [-0.4, -0.2) is 28.6 Å². The highest BCUT2D eigenvalue weighted by Crippen LogP contribution is 2.59. The number of hydrogen-bond donors (Lipinski definition) is 3. The molecule has 9 rings (SSSR count). The van der Waals surface area contributed by atoms with Crippen molar-refractivity contribution in [1.82, 2.24) is 9.97 Å². The number of nitrogens with two attached hydrogens (primary N) is 1. The van der Waals surface area contributed by atoms with Gasteiger partial charge >= 0.3 is 0 Å². The van der Waals surface area contributed by atoms with Crippen molar-refractivity contribution in [2.45, 2.75) is 76.3 Å². The molecule has 4 N–H and O–H groups in total. The minimum Gasteiger partial charge on any atom is -0.368 e. The SMILES string of the molecule is N#Cc1cnc(NC2C3CC4CC(C3)CC2C4)nc1NCC12CC3C[C@H](C1)C(N)[C@@H](C3)C2. The Bertz CT molecular complexity index is 908. The molecule has 1 aromatic heterocycles. The molecule has 3 unspecified atom stereocenters. The van der Waals surface area contributed by atoms with E-state index < -0.39 is 0 Å². The van der Waals surface area contributed by atoms with Crippen molar-refractivity contribution in [1.29, 1.82) is 5.26 Å². The van der Waals surface area contributed by atoms with Crippen molar-refractivity contribution in [2.24, 2.45) is 52.6 Å². The first-order valence-electron chi connectivity index (χ1n) is 13.1. The van der Waals surface area contributed by atoms with Crippen LogP contribution in [0.25, 0.3) is 0 Å². The Morgan fingerprint density at radius 2 is 1.59 bits per heavy atom. The molecule has 0 aliphatic heterocycles. The Balaban J connectivity index is 1.08. The molecule has 1 heterocycles. The summed E-state index contributed by atoms with van der Waals surface area (Å²) in [7, 11) is 0. The van der Waals surface area contributed by atoms with E-state index >= 15 is 0 Å². The van der Waals surface area contributed by atoms with Gasteiger partial charge in [-0.1, -0.05) is 0 Å². The lowest BCUT2D eigenvalue weighted by atomic mass is 9.48. The highest BCUT2D eigenvalue weighted by molar-refractivity contribution is 5.53. The standard InChI is InChI=1S/C26H36N6/c27-11-21-12-29-25(31-23-17-2-14-1-15(4-17)5-18(23)3-14)32-24(21)30-13-26-8-16-6-19(9-26)22(28)20(7-16)10-26/h12,14-20,22-23H,1-10,13,28H2,(H2,29,30,31,32)/t14?,15?,16?,17?,18?,19-,20+,22?,23?,26?. The fraction of sp³-hybridized carbons (Fsp3) is 0.808. The number of nitriles is 1. The van der Waals surface area contributed by atoms with E-state index in [1.54, 1.807) is 6.20 Å². The van der Waals surface area contributed by atoms with Crippen molar-refractivity contribution >= 4 is 11.8 Å². The summed E-state index contributed by atoms with van der Waals surface area (Å²) in [5.41, 5.74) is 7.43. The minimum atomic E-state index is 0.332. The summed E-state index contributed by atoms with van der Waals surface area (Å²) in [6.07, 6.45) is 15.1. The predicted octanol–water partition coefficient (Wildman–Crippen LogP) is 4.15. The number of nitrogens with zero attached hydrogens (tertiary/aromatic N) is 3. The topological polar surface area (TPSA) is 99.6 Å². The van der Waals surface area contributed by atoms with Crippen LogP contribution < -0.4 is 16.4 Å². The maximum absolute atomic E-state index is 9.68. The minimum absolute atomic E-state index is 0.332. The van der Waals surface area contributed by atoms with Crippen molar-refractivity contribution in [2.75, 3.05) is 17.2 Å². The Hall–Kier alpha value is -1.87. The van der Waals surface area contributed by atoms with Gasteiger partial charge in [0.1, 0.15) is 17.5 Å². The molecule has 0 radical (unpaired) electrons. The summed E-state index contributed by atoms with van der Waals surface area (Å²) in [5.74, 6) is 7.13. The lowest BCUT2D eigenvalue weighted by Crippen LogP contribution is -2.58. The number of nitrogens with one attached hydrogen (secondary N) is 2. The zero-order valence-corrected chi connectivity index (χ0v) is 19.0. The zero-order chi connectivity index (χ0) is 21.4. The van der Waals surface area contributed by atoms with Gasteiger partial charge in [0.25, 0.3) is 0 Å². The highest BCUT2D eigenvalue weighted by Gasteiger charge is 2.54. The van der Waals surface area contributed by atoms with Crippen LogP contribution in [0, 0.1) is 58.2 Å². The van der Waals surface area contributed by atoms with Crippen LogP contribution in [0.4, 0.5) is 11.8 Å². The van der Waals surface area contributed by atoms with Gasteiger partial charge in [-0.05, 0) is 111 Å². The Morgan fingerprint density at radius 1 is 0.938 bits per heavy atom. The molecule has 170 valence electrons. The lowest BCUT2D eigenvalue weighted by molar-refractivity contribution is -0.0591. The third kappa shape index (κ3) is 3.07. The van der Waals surface area contributed by atoms with Gasteiger partial charge in [-0.3, -0.25) is 0 Å². The van der Waals surface area contributed by atoms with E-state index in [4.69, 9.17) is 10.7 Å². The van der Waals surface area contributed by atoms with Crippen LogP contribution in [0.1, 0.15) is 69.8 Å². The summed E-state index contributed by atoms with van der Waals surface area (Å²) in [5, 5.41) is 17.0. The molecule has 1 aromatic rings. The van der Waals surface area contributed by atoms with E-state index in [2.05, 4.69) is 21.7 Å². The smallest absolute Gasteiger partial charge is 0.224 e. The van der Waals surface area contributed by atoms with E-state index in [0.29, 0.717) is 46.7 Å². The third-order valence-electron chi connectivity index (χ3n) is 10.5. The molecule has 6 nitrogen and oxygen atoms in total.